The van der Waals surface area contributed by atoms with E-state index in [-0.39, 0.29) is 5.82 Å². The van der Waals surface area contributed by atoms with E-state index in [1.54, 1.807) is 6.07 Å². The molecule has 1 atom stereocenters. The standard InChI is InChI=1S/C16H23BrFN/c1-12(2)14-4-3-6-19(7-5-14)11-13-8-15(17)10-16(18)9-13/h8-10,12,14H,3-7,11H2,1-2H3. The normalized spacial score (nSPS) is 21.6. The molecule has 1 fully saturated rings. The average Bonchev–Trinajstić information content (AvgIpc) is 2.53. The second-order valence-corrected chi connectivity index (χ2v) is 6.90. The van der Waals surface area contributed by atoms with E-state index in [9.17, 15) is 4.39 Å². The molecule has 0 radical (unpaired) electrons. The third-order valence-corrected chi connectivity index (χ3v) is 4.59. The molecule has 0 bridgehead atoms. The van der Waals surface area contributed by atoms with E-state index < -0.39 is 0 Å². The smallest absolute Gasteiger partial charge is 0.124 e. The fraction of sp³-hybridized carbons (Fsp3) is 0.625. The lowest BCUT2D eigenvalue weighted by atomic mass is 9.89. The maximum Gasteiger partial charge on any atom is 0.124 e. The summed E-state index contributed by atoms with van der Waals surface area (Å²) in [6.45, 7) is 7.78. The van der Waals surface area contributed by atoms with E-state index in [2.05, 4.69) is 34.7 Å². The Morgan fingerprint density at radius 1 is 1.26 bits per heavy atom. The maximum atomic E-state index is 13.4. The molecule has 1 nitrogen and oxygen atoms in total. The minimum absolute atomic E-state index is 0.153. The molecule has 0 N–H and O–H groups in total. The predicted octanol–water partition coefficient (Wildman–Crippen LogP) is 4.85. The number of benzene rings is 1. The molecule has 1 saturated heterocycles. The van der Waals surface area contributed by atoms with Crippen molar-refractivity contribution in [2.45, 2.75) is 39.7 Å². The van der Waals surface area contributed by atoms with Crippen LogP contribution >= 0.6 is 15.9 Å². The average molecular weight is 328 g/mol. The highest BCUT2D eigenvalue weighted by molar-refractivity contribution is 9.10. The van der Waals surface area contributed by atoms with Crippen molar-refractivity contribution in [1.29, 1.82) is 0 Å². The first-order chi connectivity index (χ1) is 9.04. The highest BCUT2D eigenvalue weighted by Crippen LogP contribution is 2.25. The molecule has 1 aliphatic heterocycles. The molecular weight excluding hydrogens is 305 g/mol. The van der Waals surface area contributed by atoms with Gasteiger partial charge in [-0.3, -0.25) is 4.90 Å². The van der Waals surface area contributed by atoms with Crippen molar-refractivity contribution in [2.24, 2.45) is 11.8 Å². The molecule has 2 rings (SSSR count). The van der Waals surface area contributed by atoms with Gasteiger partial charge in [-0.15, -0.1) is 0 Å². The monoisotopic (exact) mass is 327 g/mol. The van der Waals surface area contributed by atoms with Crippen LogP contribution in [0, 0.1) is 17.7 Å². The maximum absolute atomic E-state index is 13.4. The molecule has 1 unspecified atom stereocenters. The Hall–Kier alpha value is -0.410. The van der Waals surface area contributed by atoms with Crippen LogP contribution in [0.2, 0.25) is 0 Å². The van der Waals surface area contributed by atoms with E-state index in [1.165, 1.54) is 25.3 Å². The van der Waals surface area contributed by atoms with Gasteiger partial charge in [0.25, 0.3) is 0 Å². The Kier molecular flexibility index (Phi) is 5.40. The minimum atomic E-state index is -0.153. The van der Waals surface area contributed by atoms with Crippen LogP contribution in [0.4, 0.5) is 4.39 Å². The summed E-state index contributed by atoms with van der Waals surface area (Å²) in [5, 5.41) is 0. The Morgan fingerprint density at radius 2 is 2.05 bits per heavy atom. The predicted molar refractivity (Wildman–Crippen MR) is 81.6 cm³/mol. The van der Waals surface area contributed by atoms with Crippen molar-refractivity contribution in [2.75, 3.05) is 13.1 Å². The highest BCUT2D eigenvalue weighted by Gasteiger charge is 2.19. The fourth-order valence-electron chi connectivity index (χ4n) is 2.97. The van der Waals surface area contributed by atoms with Crippen molar-refractivity contribution < 1.29 is 4.39 Å². The summed E-state index contributed by atoms with van der Waals surface area (Å²) in [6, 6.07) is 5.18. The minimum Gasteiger partial charge on any atom is -0.299 e. The number of hydrogen-bond acceptors (Lipinski definition) is 1. The molecule has 3 heteroatoms. The van der Waals surface area contributed by atoms with Gasteiger partial charge in [0.2, 0.25) is 0 Å². The zero-order valence-corrected chi connectivity index (χ0v) is 13.4. The second kappa shape index (κ2) is 6.85. The lowest BCUT2D eigenvalue weighted by Crippen LogP contribution is -2.24. The van der Waals surface area contributed by atoms with Gasteiger partial charge in [0.05, 0.1) is 0 Å². The Bertz CT molecular complexity index is 399. The van der Waals surface area contributed by atoms with Crippen molar-refractivity contribution in [3.8, 4) is 0 Å². The van der Waals surface area contributed by atoms with Crippen LogP contribution in [0.25, 0.3) is 0 Å². The van der Waals surface area contributed by atoms with Crippen molar-refractivity contribution in [3.05, 3.63) is 34.1 Å². The van der Waals surface area contributed by atoms with Gasteiger partial charge >= 0.3 is 0 Å². The molecule has 0 saturated carbocycles. The molecule has 0 spiro atoms. The van der Waals surface area contributed by atoms with Crippen LogP contribution in [-0.2, 0) is 6.54 Å². The third kappa shape index (κ3) is 4.57. The molecule has 1 heterocycles. The van der Waals surface area contributed by atoms with Crippen LogP contribution in [0.3, 0.4) is 0 Å². The summed E-state index contributed by atoms with van der Waals surface area (Å²) >= 11 is 3.36. The van der Waals surface area contributed by atoms with Gasteiger partial charge in [-0.05, 0) is 68.0 Å². The van der Waals surface area contributed by atoms with Gasteiger partial charge in [-0.1, -0.05) is 29.8 Å². The molecule has 0 aromatic heterocycles. The first-order valence-electron chi connectivity index (χ1n) is 7.22. The number of halogens is 2. The lowest BCUT2D eigenvalue weighted by molar-refractivity contribution is 0.264. The van der Waals surface area contributed by atoms with Crippen LogP contribution in [0.5, 0.6) is 0 Å². The van der Waals surface area contributed by atoms with Gasteiger partial charge in [-0.25, -0.2) is 4.39 Å². The molecule has 106 valence electrons. The van der Waals surface area contributed by atoms with E-state index in [0.717, 1.165) is 41.5 Å². The largest absolute Gasteiger partial charge is 0.299 e. The SMILES string of the molecule is CC(C)C1CCCN(Cc2cc(F)cc(Br)c2)CC1. The topological polar surface area (TPSA) is 3.24 Å². The third-order valence-electron chi connectivity index (χ3n) is 4.14. The van der Waals surface area contributed by atoms with E-state index in [1.807, 2.05) is 6.07 Å². The van der Waals surface area contributed by atoms with Crippen molar-refractivity contribution >= 4 is 15.9 Å². The Morgan fingerprint density at radius 3 is 2.74 bits per heavy atom. The zero-order chi connectivity index (χ0) is 13.8. The summed E-state index contributed by atoms with van der Waals surface area (Å²) in [4.78, 5) is 2.46. The molecule has 19 heavy (non-hydrogen) atoms. The van der Waals surface area contributed by atoms with Crippen LogP contribution in [0.15, 0.2) is 22.7 Å². The summed E-state index contributed by atoms with van der Waals surface area (Å²) in [5.74, 6) is 1.48. The Balaban J connectivity index is 1.95. The number of nitrogens with zero attached hydrogens (tertiary/aromatic N) is 1. The van der Waals surface area contributed by atoms with Crippen molar-refractivity contribution in [3.63, 3.8) is 0 Å². The summed E-state index contributed by atoms with van der Waals surface area (Å²) in [7, 11) is 0. The molecule has 0 amide bonds. The van der Waals surface area contributed by atoms with E-state index in [4.69, 9.17) is 0 Å². The van der Waals surface area contributed by atoms with Gasteiger partial charge in [0, 0.05) is 11.0 Å². The van der Waals surface area contributed by atoms with Gasteiger partial charge in [0.15, 0.2) is 0 Å². The quantitative estimate of drug-likeness (QED) is 0.767. The molecular formula is C16H23BrFN. The first-order valence-corrected chi connectivity index (χ1v) is 8.01. The highest BCUT2D eigenvalue weighted by atomic mass is 79.9. The second-order valence-electron chi connectivity index (χ2n) is 5.99. The van der Waals surface area contributed by atoms with Crippen molar-refractivity contribution in [1.82, 2.24) is 4.90 Å². The fourth-order valence-corrected chi connectivity index (χ4v) is 3.48. The van der Waals surface area contributed by atoms with Gasteiger partial charge in [-0.2, -0.15) is 0 Å². The summed E-state index contributed by atoms with van der Waals surface area (Å²) < 4.78 is 14.2. The summed E-state index contributed by atoms with van der Waals surface area (Å²) in [5.41, 5.74) is 1.06. The van der Waals surface area contributed by atoms with Crippen LogP contribution in [-0.4, -0.2) is 18.0 Å². The Labute approximate surface area is 124 Å². The van der Waals surface area contributed by atoms with E-state index in [0.29, 0.717) is 0 Å². The number of likely N-dealkylation sites (tertiary alicyclic amines) is 1. The van der Waals surface area contributed by atoms with Gasteiger partial charge in [0.1, 0.15) is 5.82 Å². The number of hydrogen-bond donors (Lipinski definition) is 0. The molecule has 1 aromatic carbocycles. The van der Waals surface area contributed by atoms with Crippen LogP contribution in [0.1, 0.15) is 38.7 Å². The van der Waals surface area contributed by atoms with Gasteiger partial charge < -0.3 is 0 Å². The molecule has 1 aliphatic rings. The van der Waals surface area contributed by atoms with Crippen LogP contribution < -0.4 is 0 Å². The lowest BCUT2D eigenvalue weighted by Gasteiger charge is -2.21. The number of rotatable bonds is 3. The molecule has 0 aliphatic carbocycles. The summed E-state index contributed by atoms with van der Waals surface area (Å²) in [6.07, 6.45) is 3.87. The first kappa shape index (κ1) is 15.0. The zero-order valence-electron chi connectivity index (χ0n) is 11.8. The van der Waals surface area contributed by atoms with E-state index >= 15 is 0 Å². The molecule has 1 aromatic rings.